The van der Waals surface area contributed by atoms with Gasteiger partial charge in [0.1, 0.15) is 12.0 Å². The van der Waals surface area contributed by atoms with Gasteiger partial charge in [0.2, 0.25) is 5.78 Å². The van der Waals surface area contributed by atoms with Gasteiger partial charge in [0, 0.05) is 17.4 Å². The third-order valence-corrected chi connectivity index (χ3v) is 4.10. The molecule has 3 nitrogen and oxygen atoms in total. The topological polar surface area (TPSA) is 34.9 Å². The summed E-state index contributed by atoms with van der Waals surface area (Å²) in [5.41, 5.74) is 4.34. The van der Waals surface area contributed by atoms with Crippen molar-refractivity contribution < 1.29 is 4.79 Å². The Bertz CT molecular complexity index is 1000. The number of carbonyl (C=O) groups excluding carboxylic acids is 1. The van der Waals surface area contributed by atoms with E-state index in [0.717, 1.165) is 16.8 Å². The minimum atomic E-state index is -0.0708. The molecule has 0 aliphatic rings. The molecule has 0 N–H and O–H groups in total. The fourth-order valence-electron chi connectivity index (χ4n) is 2.80. The molecule has 0 bridgehead atoms. The Morgan fingerprint density at radius 3 is 2.20 bits per heavy atom. The molecule has 1 heterocycles. The lowest BCUT2D eigenvalue weighted by Crippen LogP contribution is -2.01. The van der Waals surface area contributed by atoms with Crippen molar-refractivity contribution in [1.29, 1.82) is 0 Å². The normalized spacial score (nSPS) is 10.6. The average molecular weight is 324 g/mol. The highest BCUT2D eigenvalue weighted by atomic mass is 16.1. The van der Waals surface area contributed by atoms with E-state index in [-0.39, 0.29) is 5.78 Å². The Kier molecular flexibility index (Phi) is 3.97. The van der Waals surface area contributed by atoms with Crippen LogP contribution in [0, 0.1) is 0 Å². The first-order valence-electron chi connectivity index (χ1n) is 8.11. The zero-order valence-corrected chi connectivity index (χ0v) is 13.5. The fraction of sp³-hybridized carbons (Fsp3) is 0. The van der Waals surface area contributed by atoms with Crippen LogP contribution in [-0.2, 0) is 0 Å². The lowest BCUT2D eigenvalue weighted by molar-refractivity contribution is 0.103. The molecule has 120 valence electrons. The van der Waals surface area contributed by atoms with Gasteiger partial charge in [-0.3, -0.25) is 4.79 Å². The van der Waals surface area contributed by atoms with Gasteiger partial charge in [0.05, 0.1) is 0 Å². The summed E-state index contributed by atoms with van der Waals surface area (Å²) in [6, 6.07) is 27.6. The third kappa shape index (κ3) is 3.12. The van der Waals surface area contributed by atoms with E-state index in [4.69, 9.17) is 0 Å². The maximum absolute atomic E-state index is 12.5. The van der Waals surface area contributed by atoms with Crippen molar-refractivity contribution >= 4 is 5.78 Å². The van der Waals surface area contributed by atoms with Crippen LogP contribution in [0.25, 0.3) is 16.8 Å². The summed E-state index contributed by atoms with van der Waals surface area (Å²) in [7, 11) is 0. The van der Waals surface area contributed by atoms with Crippen LogP contribution in [0.5, 0.6) is 0 Å². The summed E-state index contributed by atoms with van der Waals surface area (Å²) < 4.78 is 1.88. The SMILES string of the molecule is O=C(c1ccccc1)c1cn(-c2cccc(-c3ccccc3)c2)cn1. The molecule has 3 heteroatoms. The Morgan fingerprint density at radius 1 is 0.760 bits per heavy atom. The van der Waals surface area contributed by atoms with Crippen LogP contribution in [-0.4, -0.2) is 15.3 Å². The van der Waals surface area contributed by atoms with Gasteiger partial charge < -0.3 is 4.57 Å². The zero-order valence-electron chi connectivity index (χ0n) is 13.5. The zero-order chi connectivity index (χ0) is 17.1. The van der Waals surface area contributed by atoms with Gasteiger partial charge in [0.25, 0.3) is 0 Å². The fourth-order valence-corrected chi connectivity index (χ4v) is 2.80. The quantitative estimate of drug-likeness (QED) is 0.507. The van der Waals surface area contributed by atoms with E-state index in [1.807, 2.05) is 53.1 Å². The smallest absolute Gasteiger partial charge is 0.212 e. The maximum Gasteiger partial charge on any atom is 0.212 e. The van der Waals surface area contributed by atoms with Crippen LogP contribution < -0.4 is 0 Å². The molecule has 25 heavy (non-hydrogen) atoms. The molecule has 4 rings (SSSR count). The summed E-state index contributed by atoms with van der Waals surface area (Å²) in [6.45, 7) is 0. The highest BCUT2D eigenvalue weighted by molar-refractivity contribution is 6.07. The summed E-state index contributed by atoms with van der Waals surface area (Å²) in [5.74, 6) is -0.0708. The second-order valence-electron chi connectivity index (χ2n) is 5.78. The molecule has 0 aliphatic heterocycles. The van der Waals surface area contributed by atoms with Gasteiger partial charge >= 0.3 is 0 Å². The van der Waals surface area contributed by atoms with Crippen molar-refractivity contribution in [2.24, 2.45) is 0 Å². The van der Waals surface area contributed by atoms with E-state index >= 15 is 0 Å². The van der Waals surface area contributed by atoms with Gasteiger partial charge in [-0.2, -0.15) is 0 Å². The molecular weight excluding hydrogens is 308 g/mol. The van der Waals surface area contributed by atoms with Crippen LogP contribution in [0.4, 0.5) is 0 Å². The summed E-state index contributed by atoms with van der Waals surface area (Å²) in [4.78, 5) is 16.8. The summed E-state index contributed by atoms with van der Waals surface area (Å²) >= 11 is 0. The number of ketones is 1. The molecule has 0 unspecified atom stereocenters. The van der Waals surface area contributed by atoms with Crippen molar-refractivity contribution in [3.05, 3.63) is 109 Å². The Hall–Kier alpha value is -3.46. The summed E-state index contributed by atoms with van der Waals surface area (Å²) in [6.07, 6.45) is 3.46. The molecule has 3 aromatic carbocycles. The second-order valence-corrected chi connectivity index (χ2v) is 5.78. The van der Waals surface area contributed by atoms with E-state index in [2.05, 4.69) is 29.2 Å². The first kappa shape index (κ1) is 15.1. The molecule has 0 amide bonds. The number of hydrogen-bond acceptors (Lipinski definition) is 2. The van der Waals surface area contributed by atoms with E-state index < -0.39 is 0 Å². The van der Waals surface area contributed by atoms with Crippen LogP contribution in [0.2, 0.25) is 0 Å². The van der Waals surface area contributed by atoms with Crippen LogP contribution in [0.15, 0.2) is 97.5 Å². The van der Waals surface area contributed by atoms with Gasteiger partial charge in [-0.25, -0.2) is 4.98 Å². The molecule has 0 saturated heterocycles. The van der Waals surface area contributed by atoms with E-state index in [0.29, 0.717) is 11.3 Å². The van der Waals surface area contributed by atoms with E-state index in [9.17, 15) is 4.79 Å². The lowest BCUT2D eigenvalue weighted by Gasteiger charge is -2.06. The molecule has 0 aliphatic carbocycles. The highest BCUT2D eigenvalue weighted by Gasteiger charge is 2.12. The van der Waals surface area contributed by atoms with Crippen LogP contribution in [0.3, 0.4) is 0 Å². The molecule has 0 fully saturated rings. The lowest BCUT2D eigenvalue weighted by atomic mass is 10.1. The van der Waals surface area contributed by atoms with Crippen molar-refractivity contribution in [3.63, 3.8) is 0 Å². The van der Waals surface area contributed by atoms with Crippen LogP contribution >= 0.6 is 0 Å². The minimum Gasteiger partial charge on any atom is -0.306 e. The first-order chi connectivity index (χ1) is 12.3. The predicted molar refractivity (Wildman–Crippen MR) is 98.9 cm³/mol. The van der Waals surface area contributed by atoms with Crippen molar-refractivity contribution in [1.82, 2.24) is 9.55 Å². The predicted octanol–water partition coefficient (Wildman–Crippen LogP) is 4.77. The van der Waals surface area contributed by atoms with Gasteiger partial charge in [0.15, 0.2) is 0 Å². The van der Waals surface area contributed by atoms with Crippen molar-refractivity contribution in [2.75, 3.05) is 0 Å². The second kappa shape index (κ2) is 6.57. The number of aromatic nitrogens is 2. The molecule has 0 saturated carbocycles. The number of rotatable bonds is 4. The van der Waals surface area contributed by atoms with Gasteiger partial charge in [-0.1, -0.05) is 72.8 Å². The molecule has 0 atom stereocenters. The summed E-state index contributed by atoms with van der Waals surface area (Å²) in [5, 5.41) is 0. The highest BCUT2D eigenvalue weighted by Crippen LogP contribution is 2.22. The molecule has 0 spiro atoms. The number of imidazole rings is 1. The first-order valence-corrected chi connectivity index (χ1v) is 8.11. The van der Waals surface area contributed by atoms with Crippen LogP contribution in [0.1, 0.15) is 16.1 Å². The number of hydrogen-bond donors (Lipinski definition) is 0. The standard InChI is InChI=1S/C22H16N2O/c25-22(18-10-5-2-6-11-18)21-15-24(16-23-21)20-13-7-12-19(14-20)17-8-3-1-4-9-17/h1-16H. The molecule has 4 aromatic rings. The number of nitrogens with zero attached hydrogens (tertiary/aromatic N) is 2. The molecule has 0 radical (unpaired) electrons. The van der Waals surface area contributed by atoms with E-state index in [1.165, 1.54) is 0 Å². The van der Waals surface area contributed by atoms with E-state index in [1.54, 1.807) is 24.7 Å². The Morgan fingerprint density at radius 2 is 1.44 bits per heavy atom. The maximum atomic E-state index is 12.5. The number of benzene rings is 3. The largest absolute Gasteiger partial charge is 0.306 e. The Labute approximate surface area is 146 Å². The number of carbonyl (C=O) groups is 1. The van der Waals surface area contributed by atoms with Gasteiger partial charge in [-0.05, 0) is 23.3 Å². The Balaban J connectivity index is 1.66. The van der Waals surface area contributed by atoms with Crippen molar-refractivity contribution in [3.8, 4) is 16.8 Å². The van der Waals surface area contributed by atoms with Gasteiger partial charge in [-0.15, -0.1) is 0 Å². The average Bonchev–Trinajstić information content (AvgIpc) is 3.19. The monoisotopic (exact) mass is 324 g/mol. The molecule has 1 aromatic heterocycles. The molecular formula is C22H16N2O. The minimum absolute atomic E-state index is 0.0708. The van der Waals surface area contributed by atoms with Crippen molar-refractivity contribution in [2.45, 2.75) is 0 Å². The third-order valence-electron chi connectivity index (χ3n) is 4.10.